The Morgan fingerprint density at radius 3 is 2.48 bits per heavy atom. The first-order valence-corrected chi connectivity index (χ1v) is 6.83. The van der Waals surface area contributed by atoms with Crippen LogP contribution in [0, 0.1) is 5.82 Å². The van der Waals surface area contributed by atoms with E-state index in [0.29, 0.717) is 23.5 Å². The van der Waals surface area contributed by atoms with E-state index in [-0.39, 0.29) is 18.1 Å². The summed E-state index contributed by atoms with van der Waals surface area (Å²) in [7, 11) is 1.53. The Morgan fingerprint density at radius 2 is 1.81 bits per heavy atom. The van der Waals surface area contributed by atoms with Crippen molar-refractivity contribution in [3.05, 3.63) is 59.9 Å². The molecule has 0 spiro atoms. The molecule has 0 atom stereocenters. The lowest BCUT2D eigenvalue weighted by Crippen LogP contribution is -2.30. The van der Waals surface area contributed by atoms with Crippen LogP contribution in [0.4, 0.5) is 10.1 Å². The summed E-state index contributed by atoms with van der Waals surface area (Å²) in [5.74, 6) is 0.108. The van der Waals surface area contributed by atoms with Gasteiger partial charge >= 0.3 is 0 Å². The molecule has 4 heteroatoms. The number of Topliss-reactive ketones (excluding diaryl/α,β-unsaturated/α-hetero) is 1. The van der Waals surface area contributed by atoms with Crippen molar-refractivity contribution in [3.63, 3.8) is 0 Å². The van der Waals surface area contributed by atoms with Crippen molar-refractivity contribution >= 4 is 11.5 Å². The molecule has 0 N–H and O–H groups in total. The second-order valence-electron chi connectivity index (χ2n) is 4.59. The van der Waals surface area contributed by atoms with Gasteiger partial charge in [0.1, 0.15) is 11.6 Å². The van der Waals surface area contributed by atoms with E-state index in [2.05, 4.69) is 0 Å². The maximum absolute atomic E-state index is 13.8. The molecular weight excluding hydrogens is 269 g/mol. The predicted molar refractivity (Wildman–Crippen MR) is 81.6 cm³/mol. The minimum absolute atomic E-state index is 0.0995. The van der Waals surface area contributed by atoms with Crippen molar-refractivity contribution < 1.29 is 13.9 Å². The van der Waals surface area contributed by atoms with Crippen LogP contribution >= 0.6 is 0 Å². The van der Waals surface area contributed by atoms with Crippen LogP contribution < -0.4 is 9.64 Å². The Balaban J connectivity index is 2.23. The highest BCUT2D eigenvalue weighted by molar-refractivity contribution is 6.01. The molecule has 0 amide bonds. The standard InChI is InChI=1S/C17H18FNO2/c1-3-19(15-10-6-5-9-14(15)18)12-16(20)13-8-4-7-11-17(13)21-2/h4-11H,3,12H2,1-2H3. The summed E-state index contributed by atoms with van der Waals surface area (Å²) in [4.78, 5) is 14.1. The number of hydrogen-bond donors (Lipinski definition) is 0. The summed E-state index contributed by atoms with van der Waals surface area (Å²) >= 11 is 0. The van der Waals surface area contributed by atoms with Crippen LogP contribution in [-0.4, -0.2) is 26.0 Å². The van der Waals surface area contributed by atoms with Crippen molar-refractivity contribution in [1.29, 1.82) is 0 Å². The average molecular weight is 287 g/mol. The highest BCUT2D eigenvalue weighted by Crippen LogP contribution is 2.22. The first kappa shape index (κ1) is 15.0. The minimum Gasteiger partial charge on any atom is -0.496 e. The number of benzene rings is 2. The van der Waals surface area contributed by atoms with E-state index in [1.165, 1.54) is 13.2 Å². The van der Waals surface area contributed by atoms with E-state index in [1.807, 2.05) is 13.0 Å². The van der Waals surface area contributed by atoms with Gasteiger partial charge in [-0.15, -0.1) is 0 Å². The molecule has 110 valence electrons. The quantitative estimate of drug-likeness (QED) is 0.761. The Bertz CT molecular complexity index is 628. The Hall–Kier alpha value is -2.36. The summed E-state index contributed by atoms with van der Waals surface area (Å²) in [6.45, 7) is 2.54. The Kier molecular flexibility index (Phi) is 4.93. The van der Waals surface area contributed by atoms with Gasteiger partial charge in [-0.25, -0.2) is 4.39 Å². The second-order valence-corrected chi connectivity index (χ2v) is 4.59. The zero-order chi connectivity index (χ0) is 15.2. The van der Waals surface area contributed by atoms with Gasteiger partial charge < -0.3 is 9.64 Å². The maximum Gasteiger partial charge on any atom is 0.185 e. The summed E-state index contributed by atoms with van der Waals surface area (Å²) in [5.41, 5.74) is 0.943. The second kappa shape index (κ2) is 6.88. The molecule has 0 bridgehead atoms. The fourth-order valence-electron chi connectivity index (χ4n) is 2.21. The molecular formula is C17H18FNO2. The van der Waals surface area contributed by atoms with Crippen LogP contribution in [0.25, 0.3) is 0 Å². The number of rotatable bonds is 6. The van der Waals surface area contributed by atoms with Gasteiger partial charge in [-0.2, -0.15) is 0 Å². The maximum atomic E-state index is 13.8. The SMILES string of the molecule is CCN(CC(=O)c1ccccc1OC)c1ccccc1F. The van der Waals surface area contributed by atoms with Crippen LogP contribution in [0.3, 0.4) is 0 Å². The molecule has 0 unspecified atom stereocenters. The fourth-order valence-corrected chi connectivity index (χ4v) is 2.21. The number of halogens is 1. The van der Waals surface area contributed by atoms with Crippen LogP contribution in [0.15, 0.2) is 48.5 Å². The third kappa shape index (κ3) is 3.40. The number of carbonyl (C=O) groups excluding carboxylic acids is 1. The van der Waals surface area contributed by atoms with E-state index in [9.17, 15) is 9.18 Å². The summed E-state index contributed by atoms with van der Waals surface area (Å²) < 4.78 is 19.0. The number of para-hydroxylation sites is 2. The average Bonchev–Trinajstić information content (AvgIpc) is 2.53. The van der Waals surface area contributed by atoms with Gasteiger partial charge in [0.05, 0.1) is 24.9 Å². The molecule has 0 aliphatic heterocycles. The predicted octanol–water partition coefficient (Wildman–Crippen LogP) is 3.54. The lowest BCUT2D eigenvalue weighted by molar-refractivity contribution is 0.0996. The molecule has 0 aromatic heterocycles. The van der Waals surface area contributed by atoms with Gasteiger partial charge in [0, 0.05) is 6.54 Å². The summed E-state index contributed by atoms with van der Waals surface area (Å²) in [6, 6.07) is 13.5. The molecule has 0 heterocycles. The van der Waals surface area contributed by atoms with Crippen LogP contribution in [0.2, 0.25) is 0 Å². The van der Waals surface area contributed by atoms with Gasteiger partial charge in [0.2, 0.25) is 0 Å². The molecule has 0 saturated heterocycles. The molecule has 2 rings (SSSR count). The van der Waals surface area contributed by atoms with Crippen LogP contribution in [0.1, 0.15) is 17.3 Å². The van der Waals surface area contributed by atoms with Gasteiger partial charge in [-0.05, 0) is 31.2 Å². The number of methoxy groups -OCH3 is 1. The van der Waals surface area contributed by atoms with Crippen molar-refractivity contribution in [1.82, 2.24) is 0 Å². The largest absolute Gasteiger partial charge is 0.496 e. The number of carbonyl (C=O) groups is 1. The van der Waals surface area contributed by atoms with Gasteiger partial charge in [0.15, 0.2) is 5.78 Å². The molecule has 21 heavy (non-hydrogen) atoms. The molecule has 0 aliphatic rings. The number of hydrogen-bond acceptors (Lipinski definition) is 3. The lowest BCUT2D eigenvalue weighted by Gasteiger charge is -2.23. The van der Waals surface area contributed by atoms with E-state index >= 15 is 0 Å². The van der Waals surface area contributed by atoms with Crippen molar-refractivity contribution in [2.24, 2.45) is 0 Å². The van der Waals surface area contributed by atoms with Gasteiger partial charge in [0.25, 0.3) is 0 Å². The zero-order valence-corrected chi connectivity index (χ0v) is 12.2. The molecule has 3 nitrogen and oxygen atoms in total. The highest BCUT2D eigenvalue weighted by atomic mass is 19.1. The number of nitrogens with zero attached hydrogens (tertiary/aromatic N) is 1. The number of ether oxygens (including phenoxy) is 1. The van der Waals surface area contributed by atoms with E-state index in [4.69, 9.17) is 4.74 Å². The van der Waals surface area contributed by atoms with E-state index in [0.717, 1.165) is 0 Å². The monoisotopic (exact) mass is 287 g/mol. The van der Waals surface area contributed by atoms with Crippen molar-refractivity contribution in [3.8, 4) is 5.75 Å². The van der Waals surface area contributed by atoms with E-state index < -0.39 is 0 Å². The Labute approximate surface area is 124 Å². The highest BCUT2D eigenvalue weighted by Gasteiger charge is 2.17. The van der Waals surface area contributed by atoms with Crippen molar-refractivity contribution in [2.75, 3.05) is 25.1 Å². The number of anilines is 1. The smallest absolute Gasteiger partial charge is 0.185 e. The summed E-state index contributed by atoms with van der Waals surface area (Å²) in [6.07, 6.45) is 0. The normalized spacial score (nSPS) is 10.2. The molecule has 0 fully saturated rings. The fraction of sp³-hybridized carbons (Fsp3) is 0.235. The van der Waals surface area contributed by atoms with Crippen molar-refractivity contribution in [2.45, 2.75) is 6.92 Å². The third-order valence-corrected chi connectivity index (χ3v) is 3.32. The van der Waals surface area contributed by atoms with Crippen LogP contribution in [-0.2, 0) is 0 Å². The first-order chi connectivity index (χ1) is 10.2. The van der Waals surface area contributed by atoms with Gasteiger partial charge in [-0.3, -0.25) is 4.79 Å². The van der Waals surface area contributed by atoms with Gasteiger partial charge in [-0.1, -0.05) is 24.3 Å². The zero-order valence-electron chi connectivity index (χ0n) is 12.2. The summed E-state index contributed by atoms with van der Waals surface area (Å²) in [5, 5.41) is 0. The molecule has 0 saturated carbocycles. The molecule has 0 radical (unpaired) electrons. The topological polar surface area (TPSA) is 29.5 Å². The molecule has 2 aromatic carbocycles. The third-order valence-electron chi connectivity index (χ3n) is 3.32. The molecule has 0 aliphatic carbocycles. The van der Waals surface area contributed by atoms with Crippen LogP contribution in [0.5, 0.6) is 5.75 Å². The minimum atomic E-state index is -0.327. The number of ketones is 1. The van der Waals surface area contributed by atoms with E-state index in [1.54, 1.807) is 41.3 Å². The number of likely N-dealkylation sites (N-methyl/N-ethyl adjacent to an activating group) is 1. The Morgan fingerprint density at radius 1 is 1.14 bits per heavy atom. The first-order valence-electron chi connectivity index (χ1n) is 6.83. The molecule has 2 aromatic rings. The lowest BCUT2D eigenvalue weighted by atomic mass is 10.1.